The second kappa shape index (κ2) is 6.04. The minimum atomic E-state index is 0.732. The van der Waals surface area contributed by atoms with E-state index in [1.807, 2.05) is 0 Å². The van der Waals surface area contributed by atoms with Crippen molar-refractivity contribution in [3.05, 3.63) is 12.2 Å². The predicted octanol–water partition coefficient (Wildman–Crippen LogP) is 4.76. The molecule has 1 heteroatoms. The fourth-order valence-corrected chi connectivity index (χ4v) is 4.04. The molecule has 102 valence electrons. The zero-order valence-electron chi connectivity index (χ0n) is 12.0. The van der Waals surface area contributed by atoms with Crippen LogP contribution in [0, 0.1) is 23.2 Å². The Kier molecular flexibility index (Phi) is 4.64. The van der Waals surface area contributed by atoms with E-state index in [-0.39, 0.29) is 0 Å². The van der Waals surface area contributed by atoms with Crippen molar-refractivity contribution < 1.29 is 4.79 Å². The van der Waals surface area contributed by atoms with Gasteiger partial charge in [-0.15, -0.1) is 0 Å². The SMILES string of the molecule is CC(C)C12CCC(CC=CCCCCC=O)C1C2. The second-order valence-electron chi connectivity index (χ2n) is 6.66. The van der Waals surface area contributed by atoms with Gasteiger partial charge in [0.2, 0.25) is 0 Å². The van der Waals surface area contributed by atoms with Crippen LogP contribution in [0.15, 0.2) is 12.2 Å². The third-order valence-electron chi connectivity index (χ3n) is 5.43. The molecule has 2 saturated carbocycles. The summed E-state index contributed by atoms with van der Waals surface area (Å²) >= 11 is 0. The monoisotopic (exact) mass is 248 g/mol. The van der Waals surface area contributed by atoms with Gasteiger partial charge in [0.25, 0.3) is 0 Å². The molecule has 1 nitrogen and oxygen atoms in total. The molecule has 2 fully saturated rings. The van der Waals surface area contributed by atoms with Crippen molar-refractivity contribution in [1.29, 1.82) is 0 Å². The number of rotatable bonds is 8. The predicted molar refractivity (Wildman–Crippen MR) is 76.4 cm³/mol. The van der Waals surface area contributed by atoms with E-state index in [0.29, 0.717) is 0 Å². The van der Waals surface area contributed by atoms with Gasteiger partial charge in [-0.05, 0) is 68.1 Å². The quantitative estimate of drug-likeness (QED) is 0.344. The van der Waals surface area contributed by atoms with E-state index in [2.05, 4.69) is 26.0 Å². The third kappa shape index (κ3) is 2.87. The van der Waals surface area contributed by atoms with E-state index in [1.165, 1.54) is 32.1 Å². The summed E-state index contributed by atoms with van der Waals surface area (Å²) in [5.41, 5.74) is 0.752. The molecule has 0 aromatic rings. The number of carbonyl (C=O) groups is 1. The molecule has 0 saturated heterocycles. The Balaban J connectivity index is 1.61. The lowest BCUT2D eigenvalue weighted by Crippen LogP contribution is -2.07. The van der Waals surface area contributed by atoms with Gasteiger partial charge in [0.15, 0.2) is 0 Å². The molecule has 0 aliphatic heterocycles. The topological polar surface area (TPSA) is 17.1 Å². The van der Waals surface area contributed by atoms with Crippen LogP contribution in [0.4, 0.5) is 0 Å². The summed E-state index contributed by atoms with van der Waals surface area (Å²) < 4.78 is 0. The van der Waals surface area contributed by atoms with E-state index in [4.69, 9.17) is 0 Å². The van der Waals surface area contributed by atoms with Gasteiger partial charge in [-0.2, -0.15) is 0 Å². The van der Waals surface area contributed by atoms with Crippen LogP contribution < -0.4 is 0 Å². The van der Waals surface area contributed by atoms with Gasteiger partial charge in [-0.3, -0.25) is 0 Å². The van der Waals surface area contributed by atoms with E-state index in [0.717, 1.165) is 48.7 Å². The number of unbranched alkanes of at least 4 members (excludes halogenated alkanes) is 3. The van der Waals surface area contributed by atoms with Crippen LogP contribution in [0.25, 0.3) is 0 Å². The lowest BCUT2D eigenvalue weighted by Gasteiger charge is -2.15. The lowest BCUT2D eigenvalue weighted by molar-refractivity contribution is -0.107. The molecule has 0 amide bonds. The second-order valence-corrected chi connectivity index (χ2v) is 6.66. The highest BCUT2D eigenvalue weighted by molar-refractivity contribution is 5.48. The summed E-state index contributed by atoms with van der Waals surface area (Å²) in [7, 11) is 0. The van der Waals surface area contributed by atoms with Crippen LogP contribution in [-0.4, -0.2) is 6.29 Å². The van der Waals surface area contributed by atoms with Crippen molar-refractivity contribution in [3.8, 4) is 0 Å². The molecule has 0 radical (unpaired) electrons. The number of fused-ring (bicyclic) bond motifs is 1. The maximum atomic E-state index is 10.2. The number of hydrogen-bond donors (Lipinski definition) is 0. The molecule has 0 aromatic heterocycles. The van der Waals surface area contributed by atoms with E-state index < -0.39 is 0 Å². The lowest BCUT2D eigenvalue weighted by atomic mass is 9.90. The minimum absolute atomic E-state index is 0.732. The molecule has 3 atom stereocenters. The summed E-state index contributed by atoms with van der Waals surface area (Å²) in [5, 5.41) is 0. The Bertz CT molecular complexity index is 305. The summed E-state index contributed by atoms with van der Waals surface area (Å²) in [6.45, 7) is 4.82. The first-order valence-corrected chi connectivity index (χ1v) is 7.79. The standard InChI is InChI=1S/C17H28O/c1-14(2)17-11-10-15(16(17)13-17)9-7-5-3-4-6-8-12-18/h5,7,12,14-16H,3-4,6,8-11,13H2,1-2H3. The maximum absolute atomic E-state index is 10.2. The molecule has 0 heterocycles. The highest BCUT2D eigenvalue weighted by Crippen LogP contribution is 2.70. The first kappa shape index (κ1) is 13.8. The first-order chi connectivity index (χ1) is 8.70. The smallest absolute Gasteiger partial charge is 0.119 e. The van der Waals surface area contributed by atoms with Crippen molar-refractivity contribution in [2.75, 3.05) is 0 Å². The average molecular weight is 248 g/mol. The summed E-state index contributed by atoms with van der Waals surface area (Å²) in [5.74, 6) is 2.90. The fourth-order valence-electron chi connectivity index (χ4n) is 4.04. The van der Waals surface area contributed by atoms with Gasteiger partial charge < -0.3 is 4.79 Å². The van der Waals surface area contributed by atoms with E-state index >= 15 is 0 Å². The molecular formula is C17H28O. The van der Waals surface area contributed by atoms with Crippen LogP contribution in [0.3, 0.4) is 0 Å². The normalized spacial score (nSPS) is 34.2. The third-order valence-corrected chi connectivity index (χ3v) is 5.43. The Hall–Kier alpha value is -0.590. The molecule has 2 aliphatic carbocycles. The average Bonchev–Trinajstić information content (AvgIpc) is 3.00. The highest BCUT2D eigenvalue weighted by atomic mass is 16.1. The van der Waals surface area contributed by atoms with Crippen LogP contribution in [0.5, 0.6) is 0 Å². The van der Waals surface area contributed by atoms with Crippen LogP contribution in [0.2, 0.25) is 0 Å². The maximum Gasteiger partial charge on any atom is 0.119 e. The van der Waals surface area contributed by atoms with Gasteiger partial charge in [-0.1, -0.05) is 26.0 Å². The molecular weight excluding hydrogens is 220 g/mol. The minimum Gasteiger partial charge on any atom is -0.303 e. The first-order valence-electron chi connectivity index (χ1n) is 7.79. The van der Waals surface area contributed by atoms with Crippen LogP contribution in [-0.2, 0) is 4.79 Å². The molecule has 18 heavy (non-hydrogen) atoms. The van der Waals surface area contributed by atoms with Crippen molar-refractivity contribution in [3.63, 3.8) is 0 Å². The molecule has 0 N–H and O–H groups in total. The molecule has 2 rings (SSSR count). The summed E-state index contributed by atoms with van der Waals surface area (Å²) in [4.78, 5) is 10.2. The van der Waals surface area contributed by atoms with Gasteiger partial charge in [0.05, 0.1) is 0 Å². The Morgan fingerprint density at radius 1 is 1.22 bits per heavy atom. The van der Waals surface area contributed by atoms with E-state index in [9.17, 15) is 4.79 Å². The number of aldehydes is 1. The number of hydrogen-bond acceptors (Lipinski definition) is 1. The van der Waals surface area contributed by atoms with Gasteiger partial charge in [0, 0.05) is 6.42 Å². The van der Waals surface area contributed by atoms with Crippen molar-refractivity contribution in [2.45, 2.75) is 65.2 Å². The van der Waals surface area contributed by atoms with Gasteiger partial charge in [0.1, 0.15) is 6.29 Å². The summed E-state index contributed by atoms with van der Waals surface area (Å²) in [6, 6.07) is 0. The number of carbonyl (C=O) groups excluding carboxylic acids is 1. The van der Waals surface area contributed by atoms with Crippen molar-refractivity contribution in [2.24, 2.45) is 23.2 Å². The van der Waals surface area contributed by atoms with Crippen LogP contribution in [0.1, 0.15) is 65.2 Å². The molecule has 0 bridgehead atoms. The molecule has 2 aliphatic rings. The molecule has 3 unspecified atom stereocenters. The zero-order chi connectivity index (χ0) is 13.0. The molecule has 0 spiro atoms. The van der Waals surface area contributed by atoms with Crippen molar-refractivity contribution >= 4 is 6.29 Å². The summed E-state index contributed by atoms with van der Waals surface area (Å²) in [6.07, 6.45) is 15.6. The van der Waals surface area contributed by atoms with Crippen molar-refractivity contribution in [1.82, 2.24) is 0 Å². The van der Waals surface area contributed by atoms with Crippen LogP contribution >= 0.6 is 0 Å². The Labute approximate surface area is 112 Å². The highest BCUT2D eigenvalue weighted by Gasteiger charge is 2.61. The number of allylic oxidation sites excluding steroid dienone is 2. The van der Waals surface area contributed by atoms with Gasteiger partial charge in [-0.25, -0.2) is 0 Å². The molecule has 0 aromatic carbocycles. The largest absolute Gasteiger partial charge is 0.303 e. The Morgan fingerprint density at radius 2 is 2.00 bits per heavy atom. The fraction of sp³-hybridized carbons (Fsp3) is 0.824. The van der Waals surface area contributed by atoms with Gasteiger partial charge >= 0.3 is 0 Å². The Morgan fingerprint density at radius 3 is 2.61 bits per heavy atom. The zero-order valence-corrected chi connectivity index (χ0v) is 12.0. The van der Waals surface area contributed by atoms with E-state index in [1.54, 1.807) is 0 Å².